The molecule has 0 saturated carbocycles. The van der Waals surface area contributed by atoms with Crippen LogP contribution in [-0.4, -0.2) is 33.1 Å². The van der Waals surface area contributed by atoms with Gasteiger partial charge in [-0.1, -0.05) is 11.6 Å². The third-order valence-electron chi connectivity index (χ3n) is 3.65. The van der Waals surface area contributed by atoms with E-state index in [2.05, 4.69) is 10.6 Å². The van der Waals surface area contributed by atoms with Crippen molar-refractivity contribution in [2.45, 2.75) is 19.3 Å². The molecular weight excluding hydrogens is 345 g/mol. The Hall–Kier alpha value is -0.680. The summed E-state index contributed by atoms with van der Waals surface area (Å²) < 4.78 is 0. The Balaban J connectivity index is 0.00000220. The van der Waals surface area contributed by atoms with Gasteiger partial charge in [0.05, 0.1) is 11.4 Å². The zero-order chi connectivity index (χ0) is 14.5. The summed E-state index contributed by atoms with van der Waals surface area (Å²) in [6.07, 6.45) is 2.73. The van der Waals surface area contributed by atoms with Crippen molar-refractivity contribution in [1.82, 2.24) is 5.32 Å². The average Bonchev–Trinajstić information content (AvgIpc) is 2.39. The minimum absolute atomic E-state index is 0. The molecule has 4 nitrogen and oxygen atoms in total. The van der Waals surface area contributed by atoms with Crippen molar-refractivity contribution in [2.24, 2.45) is 5.92 Å². The number of anilines is 2. The maximum Gasteiger partial charge on any atom is 0.224 e. The number of nitrogens with one attached hydrogen (secondary N) is 2. The van der Waals surface area contributed by atoms with Gasteiger partial charge in [-0.05, 0) is 50.0 Å². The lowest BCUT2D eigenvalue weighted by molar-refractivity contribution is -0.117. The summed E-state index contributed by atoms with van der Waals surface area (Å²) in [4.78, 5) is 14.1. The molecule has 0 unspecified atom stereocenters. The SMILES string of the molecule is CN(C)c1ccc(Cl)cc1NC(=O)CC1CCNCC1.Cl.Cl. The van der Waals surface area contributed by atoms with E-state index in [-0.39, 0.29) is 30.7 Å². The van der Waals surface area contributed by atoms with E-state index in [1.165, 1.54) is 0 Å². The van der Waals surface area contributed by atoms with Crippen LogP contribution in [0.15, 0.2) is 18.2 Å². The Labute approximate surface area is 149 Å². The summed E-state index contributed by atoms with van der Waals surface area (Å²) >= 11 is 6.02. The molecule has 1 aliphatic heterocycles. The highest BCUT2D eigenvalue weighted by Gasteiger charge is 2.17. The van der Waals surface area contributed by atoms with Crippen LogP contribution in [0.5, 0.6) is 0 Å². The predicted molar refractivity (Wildman–Crippen MR) is 99.1 cm³/mol. The van der Waals surface area contributed by atoms with Gasteiger partial charge in [0.25, 0.3) is 0 Å². The van der Waals surface area contributed by atoms with E-state index >= 15 is 0 Å². The number of piperidine rings is 1. The molecule has 7 heteroatoms. The number of benzene rings is 1. The van der Waals surface area contributed by atoms with Crippen LogP contribution in [-0.2, 0) is 4.79 Å². The molecule has 1 aromatic carbocycles. The van der Waals surface area contributed by atoms with E-state index in [1.807, 2.05) is 31.1 Å². The first-order valence-corrected chi connectivity index (χ1v) is 7.41. The second-order valence-corrected chi connectivity index (χ2v) is 5.94. The van der Waals surface area contributed by atoms with Gasteiger partial charge in [0.15, 0.2) is 0 Å². The van der Waals surface area contributed by atoms with Crippen LogP contribution in [0.3, 0.4) is 0 Å². The lowest BCUT2D eigenvalue weighted by atomic mass is 9.94. The lowest BCUT2D eigenvalue weighted by Crippen LogP contribution is -2.30. The van der Waals surface area contributed by atoms with Crippen molar-refractivity contribution >= 4 is 53.7 Å². The number of carbonyl (C=O) groups is 1. The molecule has 0 aliphatic carbocycles. The summed E-state index contributed by atoms with van der Waals surface area (Å²) in [5.41, 5.74) is 1.74. The summed E-state index contributed by atoms with van der Waals surface area (Å²) in [6.45, 7) is 2.02. The van der Waals surface area contributed by atoms with Crippen molar-refractivity contribution in [1.29, 1.82) is 0 Å². The fraction of sp³-hybridized carbons (Fsp3) is 0.533. The molecule has 0 radical (unpaired) electrons. The third kappa shape index (κ3) is 6.21. The van der Waals surface area contributed by atoms with Crippen molar-refractivity contribution in [3.05, 3.63) is 23.2 Å². The van der Waals surface area contributed by atoms with Crippen LogP contribution in [0.25, 0.3) is 0 Å². The number of nitrogens with zero attached hydrogens (tertiary/aromatic N) is 1. The van der Waals surface area contributed by atoms with Gasteiger partial charge in [0.2, 0.25) is 5.91 Å². The van der Waals surface area contributed by atoms with Crippen molar-refractivity contribution in [3.8, 4) is 0 Å². The highest BCUT2D eigenvalue weighted by Crippen LogP contribution is 2.28. The van der Waals surface area contributed by atoms with E-state index in [0.29, 0.717) is 17.4 Å². The minimum Gasteiger partial charge on any atom is -0.376 e. The molecule has 0 spiro atoms. The monoisotopic (exact) mass is 367 g/mol. The largest absolute Gasteiger partial charge is 0.376 e. The second-order valence-electron chi connectivity index (χ2n) is 5.50. The summed E-state index contributed by atoms with van der Waals surface area (Å²) in [6, 6.07) is 5.55. The number of carbonyl (C=O) groups excluding carboxylic acids is 1. The van der Waals surface area contributed by atoms with Gasteiger partial charge >= 0.3 is 0 Å². The molecule has 2 rings (SSSR count). The molecule has 1 aromatic rings. The van der Waals surface area contributed by atoms with Crippen molar-refractivity contribution in [2.75, 3.05) is 37.4 Å². The molecule has 22 heavy (non-hydrogen) atoms. The van der Waals surface area contributed by atoms with E-state index in [9.17, 15) is 4.79 Å². The van der Waals surface area contributed by atoms with E-state index in [0.717, 1.165) is 37.3 Å². The highest BCUT2D eigenvalue weighted by molar-refractivity contribution is 6.31. The molecule has 0 aromatic heterocycles. The molecule has 0 atom stereocenters. The molecule has 1 aliphatic rings. The summed E-state index contributed by atoms with van der Waals surface area (Å²) in [5, 5.41) is 6.94. The topological polar surface area (TPSA) is 44.4 Å². The molecule has 1 amide bonds. The number of rotatable bonds is 4. The average molecular weight is 369 g/mol. The van der Waals surface area contributed by atoms with Crippen LogP contribution in [0.2, 0.25) is 5.02 Å². The number of hydrogen-bond donors (Lipinski definition) is 2. The van der Waals surface area contributed by atoms with E-state index in [4.69, 9.17) is 11.6 Å². The maximum absolute atomic E-state index is 12.2. The van der Waals surface area contributed by atoms with Gasteiger partial charge in [-0.15, -0.1) is 24.8 Å². The normalized spacial score (nSPS) is 14.5. The minimum atomic E-state index is 0. The fourth-order valence-electron chi connectivity index (χ4n) is 2.55. The Kier molecular flexibility index (Phi) is 9.85. The molecule has 1 fully saturated rings. The number of amides is 1. The molecule has 1 heterocycles. The number of halogens is 3. The molecule has 2 N–H and O–H groups in total. The fourth-order valence-corrected chi connectivity index (χ4v) is 2.72. The zero-order valence-electron chi connectivity index (χ0n) is 12.9. The summed E-state index contributed by atoms with van der Waals surface area (Å²) in [5.74, 6) is 0.556. The molecule has 1 saturated heterocycles. The Morgan fingerprint density at radius 2 is 1.95 bits per heavy atom. The van der Waals surface area contributed by atoms with Crippen LogP contribution in [0.4, 0.5) is 11.4 Å². The highest BCUT2D eigenvalue weighted by atomic mass is 35.5. The quantitative estimate of drug-likeness (QED) is 0.854. The first-order chi connectivity index (χ1) is 9.56. The van der Waals surface area contributed by atoms with Gasteiger partial charge < -0.3 is 15.5 Å². The van der Waals surface area contributed by atoms with Gasteiger partial charge in [-0.3, -0.25) is 4.79 Å². The van der Waals surface area contributed by atoms with Crippen LogP contribution >= 0.6 is 36.4 Å². The van der Waals surface area contributed by atoms with Gasteiger partial charge in [0.1, 0.15) is 0 Å². The van der Waals surface area contributed by atoms with Crippen molar-refractivity contribution in [3.63, 3.8) is 0 Å². The summed E-state index contributed by atoms with van der Waals surface area (Å²) in [7, 11) is 3.90. The van der Waals surface area contributed by atoms with Crippen LogP contribution in [0.1, 0.15) is 19.3 Å². The van der Waals surface area contributed by atoms with Gasteiger partial charge in [-0.2, -0.15) is 0 Å². The maximum atomic E-state index is 12.2. The first-order valence-electron chi connectivity index (χ1n) is 7.03. The van der Waals surface area contributed by atoms with E-state index < -0.39 is 0 Å². The van der Waals surface area contributed by atoms with Gasteiger partial charge in [0, 0.05) is 25.5 Å². The number of hydrogen-bond acceptors (Lipinski definition) is 3. The zero-order valence-corrected chi connectivity index (χ0v) is 15.3. The molecule has 0 bridgehead atoms. The molecular formula is C15H24Cl3N3O. The standard InChI is InChI=1S/C15H22ClN3O.2ClH/c1-19(2)14-4-3-12(16)10-13(14)18-15(20)9-11-5-7-17-8-6-11;;/h3-4,10-11,17H,5-9H2,1-2H3,(H,18,20);2*1H. The van der Waals surface area contributed by atoms with Gasteiger partial charge in [-0.25, -0.2) is 0 Å². The van der Waals surface area contributed by atoms with Crippen molar-refractivity contribution < 1.29 is 4.79 Å². The van der Waals surface area contributed by atoms with Crippen LogP contribution in [0, 0.1) is 5.92 Å². The Morgan fingerprint density at radius 3 is 2.55 bits per heavy atom. The predicted octanol–water partition coefficient (Wildman–Crippen LogP) is 3.58. The van der Waals surface area contributed by atoms with Crippen LogP contribution < -0.4 is 15.5 Å². The first kappa shape index (κ1) is 21.3. The third-order valence-corrected chi connectivity index (χ3v) is 3.88. The second kappa shape index (κ2) is 10.2. The Bertz CT molecular complexity index is 477. The lowest BCUT2D eigenvalue weighted by Gasteiger charge is -2.23. The van der Waals surface area contributed by atoms with E-state index in [1.54, 1.807) is 6.07 Å². The smallest absolute Gasteiger partial charge is 0.224 e. The molecule has 126 valence electrons. The Morgan fingerprint density at radius 1 is 1.32 bits per heavy atom.